The van der Waals surface area contributed by atoms with Crippen molar-refractivity contribution in [3.05, 3.63) is 119 Å². The molecule has 1 aliphatic rings. The van der Waals surface area contributed by atoms with Crippen molar-refractivity contribution >= 4 is 6.21 Å². The summed E-state index contributed by atoms with van der Waals surface area (Å²) >= 11 is 0. The van der Waals surface area contributed by atoms with Gasteiger partial charge in [-0.3, -0.25) is 15.0 Å². The Bertz CT molecular complexity index is 1350. The van der Waals surface area contributed by atoms with Gasteiger partial charge in [-0.25, -0.2) is 13.2 Å². The molecule has 0 saturated heterocycles. The largest absolute Gasteiger partial charge is 0.271 e. The minimum atomic E-state index is -1.30. The molecule has 5 rings (SSSR count). The van der Waals surface area contributed by atoms with Crippen LogP contribution < -0.4 is 0 Å². The summed E-state index contributed by atoms with van der Waals surface area (Å²) in [6.45, 7) is 1.83. The second-order valence-corrected chi connectivity index (χ2v) is 7.44. The summed E-state index contributed by atoms with van der Waals surface area (Å²) in [7, 11) is 0. The average Bonchev–Trinajstić information content (AvgIpc) is 3.16. The van der Waals surface area contributed by atoms with Gasteiger partial charge in [0.05, 0.1) is 6.20 Å². The molecular formula is C25H16F3N3. The Hall–Kier alpha value is -3.80. The fourth-order valence-electron chi connectivity index (χ4n) is 4.14. The number of benzene rings is 2. The van der Waals surface area contributed by atoms with E-state index in [-0.39, 0.29) is 5.56 Å². The predicted octanol–water partition coefficient (Wildman–Crippen LogP) is 5.59. The maximum Gasteiger partial charge on any atom is 0.142 e. The highest BCUT2D eigenvalue weighted by atomic mass is 19.1. The third-order valence-electron chi connectivity index (χ3n) is 5.54. The lowest BCUT2D eigenvalue weighted by molar-refractivity contribution is 0.558. The Morgan fingerprint density at radius 3 is 2.48 bits per heavy atom. The molecule has 0 spiro atoms. The second-order valence-electron chi connectivity index (χ2n) is 7.44. The molecule has 1 aliphatic heterocycles. The van der Waals surface area contributed by atoms with Crippen LogP contribution in [-0.4, -0.2) is 16.2 Å². The van der Waals surface area contributed by atoms with E-state index in [4.69, 9.17) is 0 Å². The van der Waals surface area contributed by atoms with Crippen LogP contribution in [-0.2, 0) is 5.54 Å². The molecule has 1 unspecified atom stereocenters. The molecule has 0 N–H and O–H groups in total. The zero-order valence-electron chi connectivity index (χ0n) is 16.5. The van der Waals surface area contributed by atoms with Gasteiger partial charge in [0, 0.05) is 46.6 Å². The lowest BCUT2D eigenvalue weighted by Gasteiger charge is -2.30. The van der Waals surface area contributed by atoms with Gasteiger partial charge in [0.15, 0.2) is 0 Å². The number of aryl methyl sites for hydroxylation is 1. The van der Waals surface area contributed by atoms with Gasteiger partial charge in [-0.1, -0.05) is 18.2 Å². The summed E-state index contributed by atoms with van der Waals surface area (Å²) < 4.78 is 43.7. The first-order valence-electron chi connectivity index (χ1n) is 9.67. The molecule has 1 atom stereocenters. The van der Waals surface area contributed by atoms with Gasteiger partial charge in [0.1, 0.15) is 23.0 Å². The molecular weight excluding hydrogens is 399 g/mol. The van der Waals surface area contributed by atoms with E-state index in [1.54, 1.807) is 36.5 Å². The van der Waals surface area contributed by atoms with E-state index in [1.807, 2.05) is 13.0 Å². The van der Waals surface area contributed by atoms with Crippen molar-refractivity contribution in [1.29, 1.82) is 0 Å². The number of fused-ring (bicyclic) bond motifs is 1. The predicted molar refractivity (Wildman–Crippen MR) is 112 cm³/mol. The van der Waals surface area contributed by atoms with Gasteiger partial charge in [0.2, 0.25) is 0 Å². The third-order valence-corrected chi connectivity index (χ3v) is 5.54. The van der Waals surface area contributed by atoms with E-state index in [0.717, 1.165) is 11.9 Å². The summed E-state index contributed by atoms with van der Waals surface area (Å²) in [5.74, 6) is -1.43. The number of hydrogen-bond acceptors (Lipinski definition) is 3. The number of pyridine rings is 2. The number of hydrogen-bond donors (Lipinski definition) is 0. The van der Waals surface area contributed by atoms with Gasteiger partial charge in [-0.05, 0) is 54.4 Å². The van der Waals surface area contributed by atoms with Crippen molar-refractivity contribution in [1.82, 2.24) is 9.97 Å². The highest BCUT2D eigenvalue weighted by Crippen LogP contribution is 2.47. The number of halogens is 3. The van der Waals surface area contributed by atoms with E-state index in [2.05, 4.69) is 15.0 Å². The smallest absolute Gasteiger partial charge is 0.142 e. The minimum absolute atomic E-state index is 0.237. The van der Waals surface area contributed by atoms with Crippen LogP contribution in [0.25, 0.3) is 11.1 Å². The maximum atomic E-state index is 15.4. The SMILES string of the molecule is Cc1cc(C2(c3cc(-c4cncc(F)c4)ccc3F)N=Cc3c(F)cccc32)ccn1. The number of nitrogens with zero attached hydrogens (tertiary/aromatic N) is 3. The summed E-state index contributed by atoms with van der Waals surface area (Å²) in [5, 5.41) is 0. The van der Waals surface area contributed by atoms with Crippen molar-refractivity contribution in [2.24, 2.45) is 4.99 Å². The Balaban J connectivity index is 1.82. The fourth-order valence-corrected chi connectivity index (χ4v) is 4.14. The van der Waals surface area contributed by atoms with Crippen molar-refractivity contribution in [2.45, 2.75) is 12.5 Å². The van der Waals surface area contributed by atoms with E-state index < -0.39 is 23.0 Å². The van der Waals surface area contributed by atoms with Crippen molar-refractivity contribution in [2.75, 3.05) is 0 Å². The van der Waals surface area contributed by atoms with E-state index >= 15 is 4.39 Å². The van der Waals surface area contributed by atoms with Gasteiger partial charge >= 0.3 is 0 Å². The minimum Gasteiger partial charge on any atom is -0.271 e. The first-order valence-corrected chi connectivity index (χ1v) is 9.67. The maximum absolute atomic E-state index is 15.4. The van der Waals surface area contributed by atoms with Crippen LogP contribution in [0.3, 0.4) is 0 Å². The monoisotopic (exact) mass is 415 g/mol. The number of rotatable bonds is 3. The van der Waals surface area contributed by atoms with Crippen LogP contribution in [0.5, 0.6) is 0 Å². The first-order chi connectivity index (χ1) is 15.0. The summed E-state index contributed by atoms with van der Waals surface area (Å²) in [4.78, 5) is 12.8. The molecule has 152 valence electrons. The van der Waals surface area contributed by atoms with Crippen molar-refractivity contribution < 1.29 is 13.2 Å². The third kappa shape index (κ3) is 3.03. The second kappa shape index (κ2) is 7.16. The molecule has 0 saturated carbocycles. The van der Waals surface area contributed by atoms with Crippen LogP contribution in [0.1, 0.15) is 27.9 Å². The van der Waals surface area contributed by atoms with Gasteiger partial charge < -0.3 is 0 Å². The Labute approximate surface area is 177 Å². The Kier molecular flexibility index (Phi) is 4.43. The van der Waals surface area contributed by atoms with Crippen LogP contribution in [0, 0.1) is 24.4 Å². The Morgan fingerprint density at radius 1 is 0.806 bits per heavy atom. The fraction of sp³-hybridized carbons (Fsp3) is 0.0800. The summed E-state index contributed by atoms with van der Waals surface area (Å²) in [6, 6.07) is 14.1. The number of aromatic nitrogens is 2. The molecule has 3 nitrogen and oxygen atoms in total. The zero-order chi connectivity index (χ0) is 21.6. The lowest BCUT2D eigenvalue weighted by atomic mass is 9.76. The molecule has 31 heavy (non-hydrogen) atoms. The zero-order valence-corrected chi connectivity index (χ0v) is 16.5. The number of aliphatic imine (C=N–C) groups is 1. The van der Waals surface area contributed by atoms with Gasteiger partial charge in [-0.15, -0.1) is 0 Å². The van der Waals surface area contributed by atoms with Crippen LogP contribution in [0.4, 0.5) is 13.2 Å². The first kappa shape index (κ1) is 19.2. The molecule has 3 heterocycles. The van der Waals surface area contributed by atoms with E-state index in [9.17, 15) is 8.78 Å². The van der Waals surface area contributed by atoms with Gasteiger partial charge in [0.25, 0.3) is 0 Å². The molecule has 2 aromatic carbocycles. The van der Waals surface area contributed by atoms with Crippen molar-refractivity contribution in [3.8, 4) is 11.1 Å². The van der Waals surface area contributed by atoms with Crippen molar-refractivity contribution in [3.63, 3.8) is 0 Å². The summed E-state index contributed by atoms with van der Waals surface area (Å²) in [6.07, 6.45) is 5.68. The highest BCUT2D eigenvalue weighted by Gasteiger charge is 2.43. The Morgan fingerprint density at radius 2 is 1.68 bits per heavy atom. The van der Waals surface area contributed by atoms with Crippen LogP contribution in [0.15, 0.2) is 78.2 Å². The quantitative estimate of drug-likeness (QED) is 0.437. The topological polar surface area (TPSA) is 38.1 Å². The molecule has 0 radical (unpaired) electrons. The molecule has 6 heteroatoms. The van der Waals surface area contributed by atoms with Crippen LogP contribution >= 0.6 is 0 Å². The lowest BCUT2D eigenvalue weighted by Crippen LogP contribution is -2.27. The molecule has 4 aromatic rings. The molecule has 2 aromatic heterocycles. The molecule has 0 amide bonds. The average molecular weight is 415 g/mol. The molecule has 0 fully saturated rings. The summed E-state index contributed by atoms with van der Waals surface area (Å²) in [5.41, 5.74) is 2.25. The van der Waals surface area contributed by atoms with E-state index in [0.29, 0.717) is 27.8 Å². The normalized spacial score (nSPS) is 17.0. The van der Waals surface area contributed by atoms with Crippen LogP contribution in [0.2, 0.25) is 0 Å². The van der Waals surface area contributed by atoms with E-state index in [1.165, 1.54) is 30.6 Å². The molecule has 0 bridgehead atoms. The highest BCUT2D eigenvalue weighted by molar-refractivity contribution is 5.89. The molecule has 0 aliphatic carbocycles. The van der Waals surface area contributed by atoms with Gasteiger partial charge in [-0.2, -0.15) is 0 Å². The standard InChI is InChI=1S/C25H16F3N3/c1-15-9-18(7-8-30-15)25(21-3-2-4-23(27)20(21)14-31-25)22-11-16(5-6-24(22)28)17-10-19(26)13-29-12-17/h2-14H,1H3.